The number of ether oxygens (including phenoxy) is 1. The summed E-state index contributed by atoms with van der Waals surface area (Å²) >= 11 is 1.37. The van der Waals surface area contributed by atoms with Gasteiger partial charge >= 0.3 is 0 Å². The number of piperidine rings is 1. The average molecular weight is 359 g/mol. The fourth-order valence-corrected chi connectivity index (χ4v) is 3.62. The molecule has 0 amide bonds. The van der Waals surface area contributed by atoms with Gasteiger partial charge in [0.15, 0.2) is 10.9 Å². The lowest BCUT2D eigenvalue weighted by atomic mass is 10.1. The van der Waals surface area contributed by atoms with Crippen molar-refractivity contribution in [2.75, 3.05) is 20.2 Å². The first-order valence-electron chi connectivity index (χ1n) is 8.13. The van der Waals surface area contributed by atoms with Crippen LogP contribution >= 0.6 is 11.8 Å². The first-order chi connectivity index (χ1) is 12.1. The Morgan fingerprint density at radius 2 is 2.24 bits per heavy atom. The van der Waals surface area contributed by atoms with Crippen molar-refractivity contribution >= 4 is 23.0 Å². The smallest absolute Gasteiger partial charge is 0.197 e. The summed E-state index contributed by atoms with van der Waals surface area (Å²) in [7, 11) is 1.64. The number of methoxy groups -OCH3 is 1. The molecule has 1 unspecified atom stereocenters. The van der Waals surface area contributed by atoms with Crippen molar-refractivity contribution in [2.45, 2.75) is 25.1 Å². The molecule has 0 saturated carbocycles. The van der Waals surface area contributed by atoms with E-state index in [0.29, 0.717) is 12.4 Å². The average Bonchev–Trinajstić information content (AvgIpc) is 3.04. The van der Waals surface area contributed by atoms with E-state index in [4.69, 9.17) is 4.74 Å². The monoisotopic (exact) mass is 359 g/mol. The van der Waals surface area contributed by atoms with Crippen LogP contribution in [0.2, 0.25) is 0 Å². The SMILES string of the molecule is COc1ccc(Cn2nnc(C=C3CNCCC3SC(C)=O)n2)cc1. The summed E-state index contributed by atoms with van der Waals surface area (Å²) in [6.45, 7) is 3.82. The van der Waals surface area contributed by atoms with Crippen LogP contribution < -0.4 is 10.1 Å². The predicted molar refractivity (Wildman–Crippen MR) is 97.4 cm³/mol. The molecule has 1 atom stereocenters. The second-order valence-corrected chi connectivity index (χ2v) is 7.19. The number of benzene rings is 1. The van der Waals surface area contributed by atoms with E-state index in [2.05, 4.69) is 20.7 Å². The van der Waals surface area contributed by atoms with Crippen LogP contribution in [0, 0.1) is 0 Å². The van der Waals surface area contributed by atoms with Gasteiger partial charge in [-0.3, -0.25) is 4.79 Å². The Kier molecular flexibility index (Phi) is 5.83. The quantitative estimate of drug-likeness (QED) is 0.871. The van der Waals surface area contributed by atoms with E-state index in [0.717, 1.165) is 36.4 Å². The van der Waals surface area contributed by atoms with Crippen molar-refractivity contribution in [3.63, 3.8) is 0 Å². The van der Waals surface area contributed by atoms with Gasteiger partial charge in [0.25, 0.3) is 0 Å². The Hall–Kier alpha value is -2.19. The van der Waals surface area contributed by atoms with E-state index in [1.165, 1.54) is 11.8 Å². The first kappa shape index (κ1) is 17.6. The van der Waals surface area contributed by atoms with E-state index in [9.17, 15) is 4.79 Å². The van der Waals surface area contributed by atoms with Gasteiger partial charge in [-0.05, 0) is 47.5 Å². The molecule has 2 aromatic rings. The molecular formula is C17H21N5O2S. The lowest BCUT2D eigenvalue weighted by Crippen LogP contribution is -2.32. The highest BCUT2D eigenvalue weighted by Gasteiger charge is 2.21. The minimum atomic E-state index is 0.133. The maximum atomic E-state index is 11.4. The Morgan fingerprint density at radius 1 is 1.44 bits per heavy atom. The molecule has 0 spiro atoms. The fraction of sp³-hybridized carbons (Fsp3) is 0.412. The molecule has 25 heavy (non-hydrogen) atoms. The Labute approximate surface area is 150 Å². The van der Waals surface area contributed by atoms with Crippen molar-refractivity contribution in [3.05, 3.63) is 41.2 Å². The number of nitrogens with zero attached hydrogens (tertiary/aromatic N) is 4. The van der Waals surface area contributed by atoms with E-state index in [1.807, 2.05) is 30.3 Å². The van der Waals surface area contributed by atoms with E-state index in [-0.39, 0.29) is 10.4 Å². The molecule has 1 saturated heterocycles. The van der Waals surface area contributed by atoms with Crippen molar-refractivity contribution in [1.82, 2.24) is 25.5 Å². The number of aromatic nitrogens is 4. The van der Waals surface area contributed by atoms with Crippen LogP contribution in [-0.2, 0) is 11.3 Å². The summed E-state index contributed by atoms with van der Waals surface area (Å²) < 4.78 is 5.16. The lowest BCUT2D eigenvalue weighted by molar-refractivity contribution is -0.109. The van der Waals surface area contributed by atoms with Gasteiger partial charge in [0, 0.05) is 18.7 Å². The molecule has 1 aromatic carbocycles. The van der Waals surface area contributed by atoms with Crippen LogP contribution in [0.3, 0.4) is 0 Å². The highest BCUT2D eigenvalue weighted by Crippen LogP contribution is 2.26. The highest BCUT2D eigenvalue weighted by molar-refractivity contribution is 8.14. The summed E-state index contributed by atoms with van der Waals surface area (Å²) in [5.41, 5.74) is 2.21. The molecule has 0 radical (unpaired) electrons. The second-order valence-electron chi connectivity index (χ2n) is 5.81. The normalized spacial score (nSPS) is 19.1. The third-order valence-corrected chi connectivity index (χ3v) is 5.05. The van der Waals surface area contributed by atoms with Crippen LogP contribution in [0.25, 0.3) is 6.08 Å². The highest BCUT2D eigenvalue weighted by atomic mass is 32.2. The molecule has 1 aliphatic rings. The third kappa shape index (κ3) is 4.90. The zero-order valence-corrected chi connectivity index (χ0v) is 15.1. The topological polar surface area (TPSA) is 81.9 Å². The number of carbonyl (C=O) groups is 1. The third-order valence-electron chi connectivity index (χ3n) is 3.90. The van der Waals surface area contributed by atoms with Crippen LogP contribution in [0.5, 0.6) is 5.75 Å². The van der Waals surface area contributed by atoms with Gasteiger partial charge in [-0.2, -0.15) is 4.80 Å². The molecule has 132 valence electrons. The van der Waals surface area contributed by atoms with Crippen molar-refractivity contribution in [1.29, 1.82) is 0 Å². The first-order valence-corrected chi connectivity index (χ1v) is 9.01. The van der Waals surface area contributed by atoms with E-state index >= 15 is 0 Å². The van der Waals surface area contributed by atoms with Gasteiger partial charge in [0.1, 0.15) is 5.75 Å². The number of nitrogens with one attached hydrogen (secondary N) is 1. The minimum absolute atomic E-state index is 0.133. The van der Waals surface area contributed by atoms with Gasteiger partial charge in [0.2, 0.25) is 0 Å². The Bertz CT molecular complexity index is 757. The van der Waals surface area contributed by atoms with Crippen molar-refractivity contribution < 1.29 is 9.53 Å². The molecule has 0 aliphatic carbocycles. The maximum absolute atomic E-state index is 11.4. The van der Waals surface area contributed by atoms with Gasteiger partial charge < -0.3 is 10.1 Å². The Balaban J connectivity index is 1.70. The standard InChI is InChI=1S/C17H21N5O2S/c1-12(23)25-16-7-8-18-10-14(16)9-17-19-21-22(20-17)11-13-3-5-15(24-2)6-4-13/h3-6,9,16,18H,7-8,10-11H2,1-2H3. The van der Waals surface area contributed by atoms with Gasteiger partial charge in [-0.25, -0.2) is 0 Å². The van der Waals surface area contributed by atoms with Gasteiger partial charge in [-0.15, -0.1) is 10.2 Å². The molecule has 3 rings (SSSR count). The molecule has 8 heteroatoms. The molecule has 0 bridgehead atoms. The second kappa shape index (κ2) is 8.26. The zero-order chi connectivity index (χ0) is 17.6. The van der Waals surface area contributed by atoms with Gasteiger partial charge in [0.05, 0.1) is 13.7 Å². The maximum Gasteiger partial charge on any atom is 0.197 e. The van der Waals surface area contributed by atoms with Crippen LogP contribution in [0.15, 0.2) is 29.8 Å². The minimum Gasteiger partial charge on any atom is -0.497 e. The molecular weight excluding hydrogens is 338 g/mol. The largest absolute Gasteiger partial charge is 0.497 e. The number of hydrogen-bond donors (Lipinski definition) is 1. The number of thioether (sulfide) groups is 1. The molecule has 1 N–H and O–H groups in total. The summed E-state index contributed by atoms with van der Waals surface area (Å²) in [6, 6.07) is 7.77. The predicted octanol–water partition coefficient (Wildman–Crippen LogP) is 1.75. The summed E-state index contributed by atoms with van der Waals surface area (Å²) in [6.07, 6.45) is 2.86. The number of tetrazole rings is 1. The van der Waals surface area contributed by atoms with Crippen molar-refractivity contribution in [3.8, 4) is 5.75 Å². The van der Waals surface area contributed by atoms with Gasteiger partial charge in [-0.1, -0.05) is 23.9 Å². The van der Waals surface area contributed by atoms with Crippen molar-refractivity contribution in [2.24, 2.45) is 0 Å². The lowest BCUT2D eigenvalue weighted by Gasteiger charge is -2.24. The van der Waals surface area contributed by atoms with Crippen LogP contribution in [0.4, 0.5) is 0 Å². The summed E-state index contributed by atoms with van der Waals surface area (Å²) in [5.74, 6) is 1.39. The molecule has 7 nitrogen and oxygen atoms in total. The van der Waals surface area contributed by atoms with E-state index < -0.39 is 0 Å². The zero-order valence-electron chi connectivity index (χ0n) is 14.3. The Morgan fingerprint density at radius 3 is 2.96 bits per heavy atom. The number of rotatable bonds is 5. The summed E-state index contributed by atoms with van der Waals surface area (Å²) in [4.78, 5) is 13.0. The molecule has 2 heterocycles. The molecule has 1 fully saturated rings. The van der Waals surface area contributed by atoms with Crippen LogP contribution in [-0.4, -0.2) is 50.8 Å². The number of carbonyl (C=O) groups excluding carboxylic acids is 1. The van der Waals surface area contributed by atoms with E-state index in [1.54, 1.807) is 18.8 Å². The molecule has 1 aromatic heterocycles. The number of hydrogen-bond acceptors (Lipinski definition) is 7. The summed E-state index contributed by atoms with van der Waals surface area (Å²) in [5, 5.41) is 16.3. The molecule has 1 aliphatic heterocycles. The fourth-order valence-electron chi connectivity index (χ4n) is 2.68. The van der Waals surface area contributed by atoms with Crippen LogP contribution in [0.1, 0.15) is 24.7 Å².